The van der Waals surface area contributed by atoms with E-state index in [4.69, 9.17) is 0 Å². The van der Waals surface area contributed by atoms with E-state index in [0.29, 0.717) is 0 Å². The average molecular weight is 97.2 g/mol. The normalized spacial score (nSPS) is 48.0. The zero-order chi connectivity index (χ0) is 4.69. The topological polar surface area (TPSA) is 12.0 Å². The van der Waals surface area contributed by atoms with Crippen LogP contribution in [-0.4, -0.2) is 12.6 Å². The highest BCUT2D eigenvalue weighted by Gasteiger charge is 2.30. The molecule has 2 unspecified atom stereocenters. The van der Waals surface area contributed by atoms with E-state index in [9.17, 15) is 0 Å². The third kappa shape index (κ3) is 0.480. The molecule has 1 N–H and O–H groups in total. The van der Waals surface area contributed by atoms with E-state index in [1.165, 1.54) is 25.8 Å². The molecule has 1 heterocycles. The van der Waals surface area contributed by atoms with Crippen LogP contribution in [-0.2, 0) is 0 Å². The SMILES string of the molecule is C1CC2CC1CN2. The van der Waals surface area contributed by atoms with Crippen molar-refractivity contribution in [3.8, 4) is 0 Å². The monoisotopic (exact) mass is 97.1 g/mol. The molecule has 0 aromatic carbocycles. The van der Waals surface area contributed by atoms with Gasteiger partial charge in [-0.1, -0.05) is 0 Å². The molecule has 1 heteroatoms. The lowest BCUT2D eigenvalue weighted by atomic mass is 10.1. The lowest BCUT2D eigenvalue weighted by Gasteiger charge is -2.08. The fourth-order valence-electron chi connectivity index (χ4n) is 1.78. The molecule has 0 radical (unpaired) electrons. The van der Waals surface area contributed by atoms with Gasteiger partial charge in [-0.3, -0.25) is 0 Å². The van der Waals surface area contributed by atoms with Gasteiger partial charge in [-0.05, 0) is 31.7 Å². The molecule has 1 aliphatic carbocycles. The first kappa shape index (κ1) is 3.90. The minimum atomic E-state index is 0.921. The largest absolute Gasteiger partial charge is 0.314 e. The van der Waals surface area contributed by atoms with Crippen molar-refractivity contribution in [2.24, 2.45) is 5.92 Å². The maximum Gasteiger partial charge on any atom is 0.00704 e. The molecule has 0 amide bonds. The number of hydrogen-bond donors (Lipinski definition) is 1. The van der Waals surface area contributed by atoms with Gasteiger partial charge in [-0.15, -0.1) is 0 Å². The van der Waals surface area contributed by atoms with E-state index >= 15 is 0 Å². The van der Waals surface area contributed by atoms with Crippen LogP contribution < -0.4 is 5.32 Å². The first-order chi connectivity index (χ1) is 3.45. The van der Waals surface area contributed by atoms with Crippen molar-refractivity contribution in [2.45, 2.75) is 25.3 Å². The summed E-state index contributed by atoms with van der Waals surface area (Å²) in [4.78, 5) is 0. The Kier molecular flexibility index (Phi) is 0.680. The van der Waals surface area contributed by atoms with E-state index < -0.39 is 0 Å². The average Bonchev–Trinajstić information content (AvgIpc) is 2.22. The quantitative estimate of drug-likeness (QED) is 0.470. The van der Waals surface area contributed by atoms with E-state index in [1.807, 2.05) is 0 Å². The number of hydrogen-bond acceptors (Lipinski definition) is 1. The van der Waals surface area contributed by atoms with Gasteiger partial charge in [-0.25, -0.2) is 0 Å². The standard InChI is InChI=1S/C6H11N/c1-2-6-3-5(1)4-7-6/h5-7H,1-4H2. The Morgan fingerprint density at radius 1 is 1.29 bits per heavy atom. The minimum Gasteiger partial charge on any atom is -0.314 e. The van der Waals surface area contributed by atoms with Crippen molar-refractivity contribution in [3.05, 3.63) is 0 Å². The van der Waals surface area contributed by atoms with Crippen LogP contribution in [0.25, 0.3) is 0 Å². The molecule has 2 bridgehead atoms. The van der Waals surface area contributed by atoms with Crippen molar-refractivity contribution in [1.82, 2.24) is 5.32 Å². The second-order valence-corrected chi connectivity index (χ2v) is 2.78. The molecule has 0 aromatic heterocycles. The van der Waals surface area contributed by atoms with Gasteiger partial charge in [0, 0.05) is 6.04 Å². The predicted molar refractivity (Wildman–Crippen MR) is 29.1 cm³/mol. The van der Waals surface area contributed by atoms with Crippen LogP contribution in [0.15, 0.2) is 0 Å². The third-order valence-corrected chi connectivity index (χ3v) is 2.24. The van der Waals surface area contributed by atoms with E-state index in [1.54, 1.807) is 0 Å². The first-order valence-electron chi connectivity index (χ1n) is 3.18. The van der Waals surface area contributed by atoms with Crippen molar-refractivity contribution in [3.63, 3.8) is 0 Å². The fraction of sp³-hybridized carbons (Fsp3) is 1.00. The van der Waals surface area contributed by atoms with Crippen molar-refractivity contribution in [1.29, 1.82) is 0 Å². The molecule has 2 atom stereocenters. The van der Waals surface area contributed by atoms with Gasteiger partial charge in [-0.2, -0.15) is 0 Å². The summed E-state index contributed by atoms with van der Waals surface area (Å²) in [5, 5.41) is 3.46. The van der Waals surface area contributed by atoms with Gasteiger partial charge in [0.25, 0.3) is 0 Å². The Balaban J connectivity index is 2.12. The molecule has 40 valence electrons. The van der Waals surface area contributed by atoms with Crippen LogP contribution in [0.2, 0.25) is 0 Å². The minimum absolute atomic E-state index is 0.921. The van der Waals surface area contributed by atoms with Crippen LogP contribution in [0.4, 0.5) is 0 Å². The Morgan fingerprint density at radius 2 is 2.29 bits per heavy atom. The molecule has 0 aromatic rings. The van der Waals surface area contributed by atoms with Gasteiger partial charge in [0.05, 0.1) is 0 Å². The van der Waals surface area contributed by atoms with Gasteiger partial charge < -0.3 is 5.32 Å². The molecule has 0 spiro atoms. The van der Waals surface area contributed by atoms with Gasteiger partial charge in [0.15, 0.2) is 0 Å². The van der Waals surface area contributed by atoms with Crippen LogP contribution >= 0.6 is 0 Å². The van der Waals surface area contributed by atoms with Crippen LogP contribution in [0.1, 0.15) is 19.3 Å². The summed E-state index contributed by atoms with van der Waals surface area (Å²) < 4.78 is 0. The molecule has 1 saturated carbocycles. The van der Waals surface area contributed by atoms with Gasteiger partial charge in [0.1, 0.15) is 0 Å². The summed E-state index contributed by atoms with van der Waals surface area (Å²) >= 11 is 0. The van der Waals surface area contributed by atoms with Gasteiger partial charge >= 0.3 is 0 Å². The number of fused-ring (bicyclic) bond motifs is 2. The number of rotatable bonds is 0. The van der Waals surface area contributed by atoms with E-state index in [-0.39, 0.29) is 0 Å². The molecular formula is C6H11N. The summed E-state index contributed by atoms with van der Waals surface area (Å²) in [5.74, 6) is 1.06. The Bertz CT molecular complexity index is 62.2. The maximum atomic E-state index is 3.46. The Labute approximate surface area is 44.1 Å². The number of nitrogens with one attached hydrogen (secondary N) is 1. The molecular weight excluding hydrogens is 86.1 g/mol. The maximum absolute atomic E-state index is 3.46. The lowest BCUT2D eigenvalue weighted by Crippen LogP contribution is -2.23. The van der Waals surface area contributed by atoms with Gasteiger partial charge in [0.2, 0.25) is 0 Å². The highest BCUT2D eigenvalue weighted by molar-refractivity contribution is 4.88. The highest BCUT2D eigenvalue weighted by atomic mass is 15.0. The smallest absolute Gasteiger partial charge is 0.00704 e. The van der Waals surface area contributed by atoms with Crippen molar-refractivity contribution in [2.75, 3.05) is 6.54 Å². The summed E-state index contributed by atoms with van der Waals surface area (Å²) in [6.45, 7) is 1.31. The summed E-state index contributed by atoms with van der Waals surface area (Å²) in [6, 6.07) is 0.921. The second-order valence-electron chi connectivity index (χ2n) is 2.78. The molecule has 2 aliphatic rings. The van der Waals surface area contributed by atoms with E-state index in [0.717, 1.165) is 12.0 Å². The molecule has 1 saturated heterocycles. The molecule has 7 heavy (non-hydrogen) atoms. The van der Waals surface area contributed by atoms with Crippen LogP contribution in [0.3, 0.4) is 0 Å². The molecule has 2 rings (SSSR count). The third-order valence-electron chi connectivity index (χ3n) is 2.24. The lowest BCUT2D eigenvalue weighted by molar-refractivity contribution is 0.504. The predicted octanol–water partition coefficient (Wildman–Crippen LogP) is 0.758. The highest BCUT2D eigenvalue weighted by Crippen LogP contribution is 2.29. The zero-order valence-corrected chi connectivity index (χ0v) is 4.48. The molecule has 1 aliphatic heterocycles. The molecule has 2 fully saturated rings. The van der Waals surface area contributed by atoms with Crippen molar-refractivity contribution < 1.29 is 0 Å². The van der Waals surface area contributed by atoms with E-state index in [2.05, 4.69) is 5.32 Å². The molecule has 1 nitrogen and oxygen atoms in total. The summed E-state index contributed by atoms with van der Waals surface area (Å²) in [7, 11) is 0. The van der Waals surface area contributed by atoms with Crippen LogP contribution in [0, 0.1) is 5.92 Å². The number of piperidine rings is 1. The van der Waals surface area contributed by atoms with Crippen molar-refractivity contribution >= 4 is 0 Å². The fourth-order valence-corrected chi connectivity index (χ4v) is 1.78. The zero-order valence-electron chi connectivity index (χ0n) is 4.48. The van der Waals surface area contributed by atoms with Crippen LogP contribution in [0.5, 0.6) is 0 Å². The summed E-state index contributed by atoms with van der Waals surface area (Å²) in [5.41, 5.74) is 0. The first-order valence-corrected chi connectivity index (χ1v) is 3.18. The summed E-state index contributed by atoms with van der Waals surface area (Å²) in [6.07, 6.45) is 4.42. The Morgan fingerprint density at radius 3 is 2.43 bits per heavy atom. The second kappa shape index (κ2) is 1.22. The Hall–Kier alpha value is -0.0400.